The molecule has 0 aromatic carbocycles. The maximum Gasteiger partial charge on any atom is 0.309 e. The predicted octanol–water partition coefficient (Wildman–Crippen LogP) is 4.19. The summed E-state index contributed by atoms with van der Waals surface area (Å²) in [5.74, 6) is -0.177. The summed E-state index contributed by atoms with van der Waals surface area (Å²) in [6.45, 7) is 2.14. The highest BCUT2D eigenvalue weighted by Crippen LogP contribution is 2.00. The monoisotopic (exact) mass is 236 g/mol. The van der Waals surface area contributed by atoms with Crippen LogP contribution < -0.4 is 0 Å². The van der Waals surface area contributed by atoms with Gasteiger partial charge in [-0.15, -0.1) is 0 Å². The van der Waals surface area contributed by atoms with E-state index in [4.69, 9.17) is 0 Å². The van der Waals surface area contributed by atoms with E-state index in [-0.39, 0.29) is 5.97 Å². The van der Waals surface area contributed by atoms with E-state index >= 15 is 0 Å². The molecule has 0 aliphatic carbocycles. The van der Waals surface area contributed by atoms with Gasteiger partial charge in [0, 0.05) is 0 Å². The van der Waals surface area contributed by atoms with Crippen LogP contribution in [-0.2, 0) is 9.53 Å². The zero-order chi connectivity index (χ0) is 12.8. The summed E-state index contributed by atoms with van der Waals surface area (Å²) >= 11 is 0. The van der Waals surface area contributed by atoms with Gasteiger partial charge in [-0.3, -0.25) is 4.79 Å². The van der Waals surface area contributed by atoms with Crippen LogP contribution in [0.15, 0.2) is 36.5 Å². The largest absolute Gasteiger partial charge is 0.469 e. The molecule has 0 saturated carbocycles. The fraction of sp³-hybridized carbons (Fsp3) is 0.533. The number of ether oxygens (including phenoxy) is 1. The minimum Gasteiger partial charge on any atom is -0.469 e. The molecule has 0 N–H and O–H groups in total. The SMILES string of the molecule is CCC=CCC=CCCCC=CCC(=O)OC. The molecule has 0 heterocycles. The first-order valence-electron chi connectivity index (χ1n) is 6.33. The summed E-state index contributed by atoms with van der Waals surface area (Å²) in [4.78, 5) is 10.8. The van der Waals surface area contributed by atoms with Gasteiger partial charge >= 0.3 is 5.97 Å². The van der Waals surface area contributed by atoms with Crippen molar-refractivity contribution in [2.24, 2.45) is 0 Å². The molecule has 0 radical (unpaired) electrons. The molecule has 0 fully saturated rings. The normalized spacial score (nSPS) is 11.9. The van der Waals surface area contributed by atoms with E-state index in [0.717, 1.165) is 32.1 Å². The van der Waals surface area contributed by atoms with E-state index in [1.165, 1.54) is 7.11 Å². The van der Waals surface area contributed by atoms with Gasteiger partial charge in [-0.1, -0.05) is 43.4 Å². The highest BCUT2D eigenvalue weighted by atomic mass is 16.5. The van der Waals surface area contributed by atoms with Crippen molar-refractivity contribution >= 4 is 5.97 Å². The predicted molar refractivity (Wildman–Crippen MR) is 72.8 cm³/mol. The third kappa shape index (κ3) is 12.6. The van der Waals surface area contributed by atoms with Crippen molar-refractivity contribution in [1.29, 1.82) is 0 Å². The second-order valence-corrected chi connectivity index (χ2v) is 3.77. The summed E-state index contributed by atoms with van der Waals surface area (Å²) < 4.78 is 4.53. The van der Waals surface area contributed by atoms with Gasteiger partial charge in [-0.2, -0.15) is 0 Å². The van der Waals surface area contributed by atoms with E-state index in [9.17, 15) is 4.79 Å². The number of carbonyl (C=O) groups is 1. The number of unbranched alkanes of at least 4 members (excludes halogenated alkanes) is 2. The molecule has 0 rings (SSSR count). The second-order valence-electron chi connectivity index (χ2n) is 3.77. The molecule has 0 aliphatic heterocycles. The number of methoxy groups -OCH3 is 1. The average molecular weight is 236 g/mol. The van der Waals surface area contributed by atoms with Crippen molar-refractivity contribution < 1.29 is 9.53 Å². The number of allylic oxidation sites excluding steroid dienone is 5. The third-order valence-corrected chi connectivity index (χ3v) is 2.26. The number of esters is 1. The van der Waals surface area contributed by atoms with Crippen molar-refractivity contribution in [1.82, 2.24) is 0 Å². The van der Waals surface area contributed by atoms with E-state index in [1.54, 1.807) is 0 Å². The Morgan fingerprint density at radius 1 is 1.00 bits per heavy atom. The van der Waals surface area contributed by atoms with Crippen LogP contribution in [-0.4, -0.2) is 13.1 Å². The molecule has 2 nitrogen and oxygen atoms in total. The Morgan fingerprint density at radius 3 is 2.29 bits per heavy atom. The van der Waals surface area contributed by atoms with Crippen molar-refractivity contribution in [2.45, 2.75) is 45.4 Å². The summed E-state index contributed by atoms with van der Waals surface area (Å²) in [5, 5.41) is 0. The molecular weight excluding hydrogens is 212 g/mol. The minimum absolute atomic E-state index is 0.177. The number of rotatable bonds is 9. The number of carbonyl (C=O) groups excluding carboxylic acids is 1. The van der Waals surface area contributed by atoms with Crippen LogP contribution in [0.1, 0.15) is 45.4 Å². The topological polar surface area (TPSA) is 26.3 Å². The van der Waals surface area contributed by atoms with Gasteiger partial charge in [0.05, 0.1) is 13.5 Å². The van der Waals surface area contributed by atoms with E-state index in [2.05, 4.69) is 36.0 Å². The molecule has 0 aliphatic rings. The van der Waals surface area contributed by atoms with E-state index in [1.807, 2.05) is 12.2 Å². The van der Waals surface area contributed by atoms with Crippen LogP contribution >= 0.6 is 0 Å². The first kappa shape index (κ1) is 15.7. The molecule has 2 heteroatoms. The van der Waals surface area contributed by atoms with Gasteiger partial charge in [0.1, 0.15) is 0 Å². The van der Waals surface area contributed by atoms with Crippen LogP contribution in [0.4, 0.5) is 0 Å². The minimum atomic E-state index is -0.177. The molecule has 17 heavy (non-hydrogen) atoms. The maximum absolute atomic E-state index is 10.8. The Morgan fingerprint density at radius 2 is 1.65 bits per heavy atom. The Labute approximate surface area is 105 Å². The second kappa shape index (κ2) is 12.8. The first-order chi connectivity index (χ1) is 8.31. The van der Waals surface area contributed by atoms with Gasteiger partial charge in [0.15, 0.2) is 0 Å². The molecule has 0 spiro atoms. The lowest BCUT2D eigenvalue weighted by atomic mass is 10.2. The van der Waals surface area contributed by atoms with Crippen LogP contribution in [0.2, 0.25) is 0 Å². The third-order valence-electron chi connectivity index (χ3n) is 2.26. The number of hydrogen-bond acceptors (Lipinski definition) is 2. The van der Waals surface area contributed by atoms with Gasteiger partial charge < -0.3 is 4.74 Å². The van der Waals surface area contributed by atoms with Crippen molar-refractivity contribution in [3.63, 3.8) is 0 Å². The van der Waals surface area contributed by atoms with Crippen molar-refractivity contribution in [3.8, 4) is 0 Å². The van der Waals surface area contributed by atoms with Gasteiger partial charge in [-0.25, -0.2) is 0 Å². The van der Waals surface area contributed by atoms with Gasteiger partial charge in [0.25, 0.3) is 0 Å². The summed E-state index contributed by atoms with van der Waals surface area (Å²) in [5.41, 5.74) is 0. The molecule has 0 saturated heterocycles. The highest BCUT2D eigenvalue weighted by molar-refractivity contribution is 5.70. The molecule has 0 atom stereocenters. The Balaban J connectivity index is 3.34. The van der Waals surface area contributed by atoms with Crippen LogP contribution in [0.3, 0.4) is 0 Å². The molecule has 0 unspecified atom stereocenters. The lowest BCUT2D eigenvalue weighted by Crippen LogP contribution is -1.96. The fourth-order valence-electron chi connectivity index (χ4n) is 1.29. The van der Waals surface area contributed by atoms with Gasteiger partial charge in [-0.05, 0) is 32.1 Å². The Kier molecular flexibility index (Phi) is 11.8. The summed E-state index contributed by atoms with van der Waals surface area (Å²) in [6, 6.07) is 0. The average Bonchev–Trinajstić information content (AvgIpc) is 2.35. The number of hydrogen-bond donors (Lipinski definition) is 0. The summed E-state index contributed by atoms with van der Waals surface area (Å²) in [7, 11) is 1.41. The molecule has 96 valence electrons. The van der Waals surface area contributed by atoms with E-state index in [0.29, 0.717) is 6.42 Å². The quantitative estimate of drug-likeness (QED) is 0.341. The lowest BCUT2D eigenvalue weighted by Gasteiger charge is -1.92. The Hall–Kier alpha value is -1.31. The maximum atomic E-state index is 10.8. The zero-order valence-electron chi connectivity index (χ0n) is 11.0. The van der Waals surface area contributed by atoms with Crippen LogP contribution in [0.5, 0.6) is 0 Å². The standard InChI is InChI=1S/C15H24O2/c1-3-4-5-6-7-8-9-10-11-12-13-14-15(16)17-2/h4-5,7-8,12-13H,3,6,9-11,14H2,1-2H3. The summed E-state index contributed by atoms with van der Waals surface area (Å²) in [6.07, 6.45) is 18.5. The molecule has 0 bridgehead atoms. The lowest BCUT2D eigenvalue weighted by molar-refractivity contribution is -0.139. The van der Waals surface area contributed by atoms with Crippen LogP contribution in [0, 0.1) is 0 Å². The van der Waals surface area contributed by atoms with Crippen LogP contribution in [0.25, 0.3) is 0 Å². The molecule has 0 aromatic heterocycles. The first-order valence-corrected chi connectivity index (χ1v) is 6.33. The molecule has 0 amide bonds. The van der Waals surface area contributed by atoms with Crippen molar-refractivity contribution in [3.05, 3.63) is 36.5 Å². The highest BCUT2D eigenvalue weighted by Gasteiger charge is 1.92. The Bertz CT molecular complexity index is 262. The fourth-order valence-corrected chi connectivity index (χ4v) is 1.29. The van der Waals surface area contributed by atoms with Gasteiger partial charge in [0.2, 0.25) is 0 Å². The zero-order valence-corrected chi connectivity index (χ0v) is 11.0. The molecular formula is C15H24O2. The van der Waals surface area contributed by atoms with Crippen molar-refractivity contribution in [2.75, 3.05) is 7.11 Å². The van der Waals surface area contributed by atoms with E-state index < -0.39 is 0 Å². The molecule has 0 aromatic rings. The smallest absolute Gasteiger partial charge is 0.309 e.